The predicted octanol–water partition coefficient (Wildman–Crippen LogP) is 4.80. The zero-order chi connectivity index (χ0) is 15.0. The molecule has 0 saturated carbocycles. The van der Waals surface area contributed by atoms with Crippen molar-refractivity contribution in [1.82, 2.24) is 0 Å². The Balaban J connectivity index is 2.07. The van der Waals surface area contributed by atoms with Crippen molar-refractivity contribution in [2.24, 2.45) is 5.92 Å². The standard InChI is InChI=1S/C18H26O3/c1-5-7-15-12(6-2)13-8-16-17(20-10-19-16)9-14(13)18(21-15)11(3)4/h8-9,11-12,15,18H,5-7,10H2,1-4H3. The van der Waals surface area contributed by atoms with Gasteiger partial charge in [0.15, 0.2) is 11.5 Å². The Morgan fingerprint density at radius 3 is 2.33 bits per heavy atom. The van der Waals surface area contributed by atoms with E-state index in [-0.39, 0.29) is 6.10 Å². The number of rotatable bonds is 4. The molecule has 2 aliphatic heterocycles. The lowest BCUT2D eigenvalue weighted by Gasteiger charge is -2.40. The first-order valence-electron chi connectivity index (χ1n) is 8.24. The molecule has 21 heavy (non-hydrogen) atoms. The van der Waals surface area contributed by atoms with Crippen molar-refractivity contribution < 1.29 is 14.2 Å². The van der Waals surface area contributed by atoms with E-state index in [1.807, 2.05) is 0 Å². The first-order valence-corrected chi connectivity index (χ1v) is 8.24. The van der Waals surface area contributed by atoms with Gasteiger partial charge in [0.05, 0.1) is 12.2 Å². The van der Waals surface area contributed by atoms with Crippen LogP contribution in [0.2, 0.25) is 0 Å². The number of hydrogen-bond donors (Lipinski definition) is 0. The van der Waals surface area contributed by atoms with E-state index in [0.717, 1.165) is 30.8 Å². The van der Waals surface area contributed by atoms with E-state index in [1.54, 1.807) is 0 Å². The molecular formula is C18H26O3. The maximum Gasteiger partial charge on any atom is 0.231 e. The van der Waals surface area contributed by atoms with Gasteiger partial charge >= 0.3 is 0 Å². The summed E-state index contributed by atoms with van der Waals surface area (Å²) in [4.78, 5) is 0. The molecule has 0 aliphatic carbocycles. The second-order valence-corrected chi connectivity index (χ2v) is 6.48. The average Bonchev–Trinajstić information content (AvgIpc) is 2.91. The largest absolute Gasteiger partial charge is 0.454 e. The average molecular weight is 290 g/mol. The van der Waals surface area contributed by atoms with Crippen LogP contribution in [0.3, 0.4) is 0 Å². The van der Waals surface area contributed by atoms with Crippen LogP contribution in [0, 0.1) is 5.92 Å². The van der Waals surface area contributed by atoms with Crippen molar-refractivity contribution in [3.05, 3.63) is 23.3 Å². The number of ether oxygens (including phenoxy) is 3. The van der Waals surface area contributed by atoms with Crippen LogP contribution in [0.5, 0.6) is 11.5 Å². The van der Waals surface area contributed by atoms with Gasteiger partial charge in [0.1, 0.15) is 0 Å². The summed E-state index contributed by atoms with van der Waals surface area (Å²) in [6, 6.07) is 4.35. The van der Waals surface area contributed by atoms with Gasteiger partial charge < -0.3 is 14.2 Å². The lowest BCUT2D eigenvalue weighted by molar-refractivity contribution is -0.0682. The van der Waals surface area contributed by atoms with E-state index in [1.165, 1.54) is 11.1 Å². The van der Waals surface area contributed by atoms with E-state index in [2.05, 4.69) is 39.8 Å². The third-order valence-electron chi connectivity index (χ3n) is 4.67. The van der Waals surface area contributed by atoms with E-state index in [4.69, 9.17) is 14.2 Å². The Morgan fingerprint density at radius 2 is 1.76 bits per heavy atom. The van der Waals surface area contributed by atoms with Crippen molar-refractivity contribution in [1.29, 1.82) is 0 Å². The lowest BCUT2D eigenvalue weighted by atomic mass is 9.79. The molecule has 3 unspecified atom stereocenters. The van der Waals surface area contributed by atoms with Crippen LogP contribution < -0.4 is 9.47 Å². The van der Waals surface area contributed by atoms with Crippen LogP contribution in [0.4, 0.5) is 0 Å². The molecule has 0 amide bonds. The van der Waals surface area contributed by atoms with Gasteiger partial charge in [-0.05, 0) is 42.0 Å². The van der Waals surface area contributed by atoms with Crippen LogP contribution in [-0.2, 0) is 4.74 Å². The van der Waals surface area contributed by atoms with E-state index in [0.29, 0.717) is 24.7 Å². The molecule has 0 radical (unpaired) electrons. The van der Waals surface area contributed by atoms with Crippen molar-refractivity contribution >= 4 is 0 Å². The quantitative estimate of drug-likeness (QED) is 0.796. The third kappa shape index (κ3) is 2.52. The summed E-state index contributed by atoms with van der Waals surface area (Å²) in [7, 11) is 0. The van der Waals surface area contributed by atoms with E-state index in [9.17, 15) is 0 Å². The smallest absolute Gasteiger partial charge is 0.231 e. The van der Waals surface area contributed by atoms with Crippen LogP contribution in [0.15, 0.2) is 12.1 Å². The molecule has 3 rings (SSSR count). The molecule has 0 spiro atoms. The Bertz CT molecular complexity index is 509. The van der Waals surface area contributed by atoms with Crippen molar-refractivity contribution in [2.75, 3.05) is 6.79 Å². The van der Waals surface area contributed by atoms with Gasteiger partial charge in [0.25, 0.3) is 0 Å². The first-order chi connectivity index (χ1) is 10.2. The summed E-state index contributed by atoms with van der Waals surface area (Å²) in [6.45, 7) is 9.28. The molecule has 0 N–H and O–H groups in total. The number of hydrogen-bond acceptors (Lipinski definition) is 3. The Hall–Kier alpha value is -1.22. The fraction of sp³-hybridized carbons (Fsp3) is 0.667. The molecule has 0 fully saturated rings. The molecule has 3 atom stereocenters. The fourth-order valence-corrected chi connectivity index (χ4v) is 3.65. The topological polar surface area (TPSA) is 27.7 Å². The Kier molecular flexibility index (Phi) is 4.12. The monoisotopic (exact) mass is 290 g/mol. The van der Waals surface area contributed by atoms with Gasteiger partial charge in [-0.3, -0.25) is 0 Å². The van der Waals surface area contributed by atoms with Crippen molar-refractivity contribution in [3.63, 3.8) is 0 Å². The summed E-state index contributed by atoms with van der Waals surface area (Å²) in [5.74, 6) is 2.68. The number of fused-ring (bicyclic) bond motifs is 2. The molecule has 0 bridgehead atoms. The van der Waals surface area contributed by atoms with Crippen LogP contribution >= 0.6 is 0 Å². The van der Waals surface area contributed by atoms with Crippen molar-refractivity contribution in [2.45, 2.75) is 65.1 Å². The highest BCUT2D eigenvalue weighted by Gasteiger charge is 2.37. The molecule has 2 aliphatic rings. The molecular weight excluding hydrogens is 264 g/mol. The Labute approximate surface area is 127 Å². The molecule has 2 heterocycles. The fourth-order valence-electron chi connectivity index (χ4n) is 3.65. The highest BCUT2D eigenvalue weighted by atomic mass is 16.7. The minimum Gasteiger partial charge on any atom is -0.454 e. The van der Waals surface area contributed by atoms with Gasteiger partial charge in [0, 0.05) is 5.92 Å². The third-order valence-corrected chi connectivity index (χ3v) is 4.67. The van der Waals surface area contributed by atoms with Crippen LogP contribution in [0.1, 0.15) is 70.1 Å². The lowest BCUT2D eigenvalue weighted by Crippen LogP contribution is -2.32. The normalized spacial score (nSPS) is 27.0. The molecule has 0 aromatic heterocycles. The van der Waals surface area contributed by atoms with Crippen LogP contribution in [-0.4, -0.2) is 12.9 Å². The first kappa shape index (κ1) is 14.7. The predicted molar refractivity (Wildman–Crippen MR) is 83.0 cm³/mol. The van der Waals surface area contributed by atoms with E-state index >= 15 is 0 Å². The summed E-state index contributed by atoms with van der Waals surface area (Å²) in [5, 5.41) is 0. The second kappa shape index (κ2) is 5.88. The molecule has 3 nitrogen and oxygen atoms in total. The second-order valence-electron chi connectivity index (χ2n) is 6.48. The van der Waals surface area contributed by atoms with Gasteiger partial charge in [0.2, 0.25) is 6.79 Å². The van der Waals surface area contributed by atoms with Gasteiger partial charge in [-0.25, -0.2) is 0 Å². The number of benzene rings is 1. The molecule has 3 heteroatoms. The molecule has 0 saturated heterocycles. The van der Waals surface area contributed by atoms with Gasteiger partial charge in [-0.15, -0.1) is 0 Å². The van der Waals surface area contributed by atoms with Crippen LogP contribution in [0.25, 0.3) is 0 Å². The SMILES string of the molecule is CCCC1OC(C(C)C)c2cc3c(cc2C1CC)OCO3. The highest BCUT2D eigenvalue weighted by Crippen LogP contribution is 2.48. The summed E-state index contributed by atoms with van der Waals surface area (Å²) < 4.78 is 17.6. The minimum atomic E-state index is 0.161. The summed E-state index contributed by atoms with van der Waals surface area (Å²) in [6.07, 6.45) is 3.86. The molecule has 1 aromatic rings. The van der Waals surface area contributed by atoms with E-state index < -0.39 is 0 Å². The zero-order valence-corrected chi connectivity index (χ0v) is 13.5. The molecule has 116 valence electrons. The molecule has 1 aromatic carbocycles. The Morgan fingerprint density at radius 1 is 1.10 bits per heavy atom. The summed E-state index contributed by atoms with van der Waals surface area (Å²) in [5.41, 5.74) is 2.71. The maximum atomic E-state index is 6.48. The highest BCUT2D eigenvalue weighted by molar-refractivity contribution is 5.51. The van der Waals surface area contributed by atoms with Gasteiger partial charge in [-0.1, -0.05) is 34.1 Å². The zero-order valence-electron chi connectivity index (χ0n) is 13.5. The maximum absolute atomic E-state index is 6.48. The van der Waals surface area contributed by atoms with Crippen molar-refractivity contribution in [3.8, 4) is 11.5 Å². The van der Waals surface area contributed by atoms with Gasteiger partial charge in [-0.2, -0.15) is 0 Å². The summed E-state index contributed by atoms with van der Waals surface area (Å²) >= 11 is 0. The minimum absolute atomic E-state index is 0.161.